The summed E-state index contributed by atoms with van der Waals surface area (Å²) in [4.78, 5) is 12.0. The van der Waals surface area contributed by atoms with E-state index in [0.717, 1.165) is 12.0 Å². The van der Waals surface area contributed by atoms with Crippen molar-refractivity contribution in [3.05, 3.63) is 65.7 Å². The second-order valence-electron chi connectivity index (χ2n) is 6.36. The van der Waals surface area contributed by atoms with Crippen LogP contribution >= 0.6 is 0 Å². The Morgan fingerprint density at radius 1 is 1.08 bits per heavy atom. The van der Waals surface area contributed by atoms with E-state index in [4.69, 9.17) is 0 Å². The summed E-state index contributed by atoms with van der Waals surface area (Å²) >= 11 is 0. The fraction of sp³-hybridized carbons (Fsp3) is 0.350. The van der Waals surface area contributed by atoms with Crippen molar-refractivity contribution < 1.29 is 13.2 Å². The summed E-state index contributed by atoms with van der Waals surface area (Å²) < 4.78 is 25.5. The van der Waals surface area contributed by atoms with Crippen LogP contribution in [0.5, 0.6) is 0 Å². The van der Waals surface area contributed by atoms with Gasteiger partial charge < -0.3 is 5.32 Å². The maximum atomic E-state index is 12.1. The Bertz CT molecular complexity index is 820. The van der Waals surface area contributed by atoms with Gasteiger partial charge >= 0.3 is 0 Å². The second-order valence-corrected chi connectivity index (χ2v) is 8.27. The first-order valence-electron chi connectivity index (χ1n) is 8.71. The Hall–Kier alpha value is -2.34. The first-order chi connectivity index (χ1) is 12.4. The zero-order valence-electron chi connectivity index (χ0n) is 15.3. The van der Waals surface area contributed by atoms with E-state index in [-0.39, 0.29) is 12.5 Å². The molecule has 2 rings (SSSR count). The summed E-state index contributed by atoms with van der Waals surface area (Å²) in [6, 6.07) is 17.3. The van der Waals surface area contributed by atoms with Crippen LogP contribution < -0.4 is 9.62 Å². The van der Waals surface area contributed by atoms with Gasteiger partial charge in [-0.3, -0.25) is 9.10 Å². The molecular formula is C20H26N2O3S. The van der Waals surface area contributed by atoms with Gasteiger partial charge in [-0.15, -0.1) is 0 Å². The maximum Gasteiger partial charge on any atom is 0.232 e. The highest BCUT2D eigenvalue weighted by atomic mass is 32.2. The maximum absolute atomic E-state index is 12.1. The predicted molar refractivity (Wildman–Crippen MR) is 106 cm³/mol. The number of anilines is 1. The molecule has 140 valence electrons. The van der Waals surface area contributed by atoms with E-state index in [1.54, 1.807) is 6.07 Å². The molecule has 0 saturated heterocycles. The van der Waals surface area contributed by atoms with Gasteiger partial charge in [-0.25, -0.2) is 8.42 Å². The SMILES string of the molecule is Cc1cccc(N(CCCC(=O)NCCc2ccccc2)S(C)(=O)=O)c1. The van der Waals surface area contributed by atoms with Crippen molar-refractivity contribution in [3.8, 4) is 0 Å². The summed E-state index contributed by atoms with van der Waals surface area (Å²) in [6.07, 6.45) is 2.74. The minimum Gasteiger partial charge on any atom is -0.356 e. The number of nitrogens with one attached hydrogen (secondary N) is 1. The molecule has 2 aromatic carbocycles. The number of benzene rings is 2. The van der Waals surface area contributed by atoms with Gasteiger partial charge in [-0.2, -0.15) is 0 Å². The molecule has 0 aliphatic carbocycles. The van der Waals surface area contributed by atoms with Crippen molar-refractivity contribution in [2.75, 3.05) is 23.7 Å². The van der Waals surface area contributed by atoms with Crippen LogP contribution in [0.25, 0.3) is 0 Å². The Labute approximate surface area is 156 Å². The van der Waals surface area contributed by atoms with Crippen molar-refractivity contribution in [3.63, 3.8) is 0 Å². The van der Waals surface area contributed by atoms with E-state index in [1.807, 2.05) is 55.5 Å². The minimum absolute atomic E-state index is 0.0568. The van der Waals surface area contributed by atoms with Gasteiger partial charge in [0.1, 0.15) is 0 Å². The Morgan fingerprint density at radius 2 is 1.81 bits per heavy atom. The average molecular weight is 375 g/mol. The molecule has 0 fully saturated rings. The lowest BCUT2D eigenvalue weighted by Gasteiger charge is -2.22. The molecule has 6 heteroatoms. The van der Waals surface area contributed by atoms with Gasteiger partial charge in [-0.05, 0) is 43.0 Å². The normalized spacial score (nSPS) is 11.2. The fourth-order valence-corrected chi connectivity index (χ4v) is 3.69. The fourth-order valence-electron chi connectivity index (χ4n) is 2.73. The van der Waals surface area contributed by atoms with E-state index in [1.165, 1.54) is 16.1 Å². The first-order valence-corrected chi connectivity index (χ1v) is 10.6. The highest BCUT2D eigenvalue weighted by Crippen LogP contribution is 2.19. The molecule has 0 atom stereocenters. The largest absolute Gasteiger partial charge is 0.356 e. The molecule has 1 amide bonds. The molecule has 0 aromatic heterocycles. The number of rotatable bonds is 9. The highest BCUT2D eigenvalue weighted by Gasteiger charge is 2.17. The zero-order valence-corrected chi connectivity index (χ0v) is 16.1. The van der Waals surface area contributed by atoms with Crippen molar-refractivity contribution in [1.29, 1.82) is 0 Å². The Balaban J connectivity index is 1.81. The van der Waals surface area contributed by atoms with Crippen LogP contribution in [0, 0.1) is 6.92 Å². The molecule has 26 heavy (non-hydrogen) atoms. The van der Waals surface area contributed by atoms with Gasteiger partial charge in [0.2, 0.25) is 15.9 Å². The number of carbonyl (C=O) groups is 1. The third kappa shape index (κ3) is 6.52. The standard InChI is InChI=1S/C20H26N2O3S/c1-17-8-6-11-19(16-17)22(26(2,24)25)15-7-12-20(23)21-14-13-18-9-4-3-5-10-18/h3-6,8-11,16H,7,12-15H2,1-2H3,(H,21,23). The third-order valence-corrected chi connectivity index (χ3v) is 5.23. The molecule has 0 aliphatic rings. The highest BCUT2D eigenvalue weighted by molar-refractivity contribution is 7.92. The number of hydrogen-bond donors (Lipinski definition) is 1. The molecular weight excluding hydrogens is 348 g/mol. The summed E-state index contributed by atoms with van der Waals surface area (Å²) in [5.41, 5.74) is 2.81. The Morgan fingerprint density at radius 3 is 2.46 bits per heavy atom. The quantitative estimate of drug-likeness (QED) is 0.734. The predicted octanol–water partition coefficient (Wildman–Crippen LogP) is 2.90. The third-order valence-electron chi connectivity index (χ3n) is 4.03. The molecule has 2 aromatic rings. The van der Waals surface area contributed by atoms with Gasteiger partial charge in [0.15, 0.2) is 0 Å². The van der Waals surface area contributed by atoms with Crippen LogP contribution in [0.1, 0.15) is 24.0 Å². The zero-order chi connectivity index (χ0) is 19.0. The average Bonchev–Trinajstić information content (AvgIpc) is 2.58. The van der Waals surface area contributed by atoms with Gasteiger partial charge in [-0.1, -0.05) is 42.5 Å². The number of nitrogens with zero attached hydrogens (tertiary/aromatic N) is 1. The molecule has 1 N–H and O–H groups in total. The van der Waals surface area contributed by atoms with Crippen LogP contribution in [0.4, 0.5) is 5.69 Å². The van der Waals surface area contributed by atoms with E-state index >= 15 is 0 Å². The van der Waals surface area contributed by atoms with Crippen molar-refractivity contribution in [1.82, 2.24) is 5.32 Å². The summed E-state index contributed by atoms with van der Waals surface area (Å²) in [5.74, 6) is -0.0568. The number of sulfonamides is 1. The molecule has 0 radical (unpaired) electrons. The molecule has 5 nitrogen and oxygen atoms in total. The monoisotopic (exact) mass is 374 g/mol. The number of carbonyl (C=O) groups excluding carboxylic acids is 1. The smallest absolute Gasteiger partial charge is 0.232 e. The molecule has 0 aliphatic heterocycles. The van der Waals surface area contributed by atoms with Crippen LogP contribution in [0.3, 0.4) is 0 Å². The summed E-state index contributed by atoms with van der Waals surface area (Å²) in [7, 11) is -3.38. The first kappa shape index (κ1) is 20.0. The van der Waals surface area contributed by atoms with Crippen LogP contribution in [-0.4, -0.2) is 33.7 Å². The lowest BCUT2D eigenvalue weighted by atomic mass is 10.1. The molecule has 0 unspecified atom stereocenters. The van der Waals surface area contributed by atoms with Crippen molar-refractivity contribution in [2.24, 2.45) is 0 Å². The van der Waals surface area contributed by atoms with Crippen molar-refractivity contribution in [2.45, 2.75) is 26.2 Å². The second kappa shape index (κ2) is 9.38. The Kier molecular flexibility index (Phi) is 7.21. The minimum atomic E-state index is -3.38. The topological polar surface area (TPSA) is 66.5 Å². The molecule has 0 spiro atoms. The summed E-state index contributed by atoms with van der Waals surface area (Å²) in [5, 5.41) is 2.89. The lowest BCUT2D eigenvalue weighted by molar-refractivity contribution is -0.121. The van der Waals surface area contributed by atoms with Crippen molar-refractivity contribution >= 4 is 21.6 Å². The van der Waals surface area contributed by atoms with Crippen LogP contribution in [0.2, 0.25) is 0 Å². The number of hydrogen-bond acceptors (Lipinski definition) is 3. The van der Waals surface area contributed by atoms with Crippen LogP contribution in [-0.2, 0) is 21.2 Å². The van der Waals surface area contributed by atoms with E-state index in [0.29, 0.717) is 25.1 Å². The molecule has 0 bridgehead atoms. The van der Waals surface area contributed by atoms with E-state index in [2.05, 4.69) is 5.32 Å². The van der Waals surface area contributed by atoms with E-state index < -0.39 is 10.0 Å². The van der Waals surface area contributed by atoms with E-state index in [9.17, 15) is 13.2 Å². The number of aryl methyl sites for hydroxylation is 1. The van der Waals surface area contributed by atoms with Gasteiger partial charge in [0, 0.05) is 19.5 Å². The van der Waals surface area contributed by atoms with Gasteiger partial charge in [0.05, 0.1) is 11.9 Å². The molecule has 0 heterocycles. The van der Waals surface area contributed by atoms with Crippen LogP contribution in [0.15, 0.2) is 54.6 Å². The van der Waals surface area contributed by atoms with Gasteiger partial charge in [0.25, 0.3) is 0 Å². The number of amides is 1. The summed E-state index contributed by atoms with van der Waals surface area (Å²) in [6.45, 7) is 2.79. The molecule has 0 saturated carbocycles. The lowest BCUT2D eigenvalue weighted by Crippen LogP contribution is -2.32.